The lowest BCUT2D eigenvalue weighted by Gasteiger charge is -2.10. The van der Waals surface area contributed by atoms with Gasteiger partial charge in [0.05, 0.1) is 11.0 Å². The summed E-state index contributed by atoms with van der Waals surface area (Å²) in [5.41, 5.74) is 6.16. The molecule has 0 radical (unpaired) electrons. The van der Waals surface area contributed by atoms with Crippen LogP contribution in [0.1, 0.15) is 18.5 Å². The average Bonchev–Trinajstić information content (AvgIpc) is 2.40. The maximum absolute atomic E-state index is 13.9. The Hall–Kier alpha value is -1.99. The quantitative estimate of drug-likeness (QED) is 0.655. The standard InChI is InChI=1S/C14H12BrFN2O3/c1-8(17)9-2-3-14(13(16)4-9)21-12-6-10(15)5-11(7-12)18(19)20/h2-8H,17H2,1H3. The highest BCUT2D eigenvalue weighted by Crippen LogP contribution is 2.31. The van der Waals surface area contributed by atoms with E-state index < -0.39 is 10.7 Å². The average molecular weight is 355 g/mol. The van der Waals surface area contributed by atoms with Crippen molar-refractivity contribution in [3.05, 3.63) is 62.4 Å². The van der Waals surface area contributed by atoms with Crippen molar-refractivity contribution in [3.8, 4) is 11.5 Å². The van der Waals surface area contributed by atoms with Crippen LogP contribution in [0, 0.1) is 15.9 Å². The summed E-state index contributed by atoms with van der Waals surface area (Å²) < 4.78 is 19.8. The van der Waals surface area contributed by atoms with Crippen molar-refractivity contribution >= 4 is 21.6 Å². The summed E-state index contributed by atoms with van der Waals surface area (Å²) in [6, 6.07) is 8.17. The molecule has 0 aromatic heterocycles. The molecule has 21 heavy (non-hydrogen) atoms. The van der Waals surface area contributed by atoms with Gasteiger partial charge in [-0.15, -0.1) is 0 Å². The molecule has 0 fully saturated rings. The van der Waals surface area contributed by atoms with E-state index in [1.165, 1.54) is 30.3 Å². The van der Waals surface area contributed by atoms with Crippen LogP contribution in [0.4, 0.5) is 10.1 Å². The second kappa shape index (κ2) is 6.19. The number of rotatable bonds is 4. The van der Waals surface area contributed by atoms with Gasteiger partial charge in [-0.05, 0) is 30.7 Å². The van der Waals surface area contributed by atoms with E-state index in [1.54, 1.807) is 13.0 Å². The van der Waals surface area contributed by atoms with E-state index in [0.29, 0.717) is 10.0 Å². The normalized spacial score (nSPS) is 12.0. The van der Waals surface area contributed by atoms with Gasteiger partial charge in [-0.2, -0.15) is 0 Å². The minimum Gasteiger partial charge on any atom is -0.454 e. The zero-order valence-corrected chi connectivity index (χ0v) is 12.6. The Kier molecular flexibility index (Phi) is 4.54. The Morgan fingerprint density at radius 2 is 2.05 bits per heavy atom. The zero-order valence-electron chi connectivity index (χ0n) is 11.0. The molecule has 0 bridgehead atoms. The molecule has 0 amide bonds. The maximum atomic E-state index is 13.9. The molecule has 110 valence electrons. The van der Waals surface area contributed by atoms with E-state index in [0.717, 1.165) is 0 Å². The molecule has 0 saturated carbocycles. The maximum Gasteiger partial charge on any atom is 0.274 e. The number of nitrogens with zero attached hydrogens (tertiary/aromatic N) is 1. The minimum atomic E-state index is -0.576. The van der Waals surface area contributed by atoms with Crippen molar-refractivity contribution in [2.75, 3.05) is 0 Å². The molecule has 0 saturated heterocycles. The summed E-state index contributed by atoms with van der Waals surface area (Å²) in [6.07, 6.45) is 0. The topological polar surface area (TPSA) is 78.4 Å². The van der Waals surface area contributed by atoms with Gasteiger partial charge < -0.3 is 10.5 Å². The van der Waals surface area contributed by atoms with Crippen LogP contribution in [0.3, 0.4) is 0 Å². The van der Waals surface area contributed by atoms with Gasteiger partial charge >= 0.3 is 0 Å². The van der Waals surface area contributed by atoms with Gasteiger partial charge in [-0.3, -0.25) is 10.1 Å². The van der Waals surface area contributed by atoms with Crippen molar-refractivity contribution in [3.63, 3.8) is 0 Å². The number of halogens is 2. The van der Waals surface area contributed by atoms with Crippen LogP contribution in [-0.2, 0) is 0 Å². The van der Waals surface area contributed by atoms with Crippen LogP contribution in [0.25, 0.3) is 0 Å². The number of benzene rings is 2. The molecule has 2 N–H and O–H groups in total. The lowest BCUT2D eigenvalue weighted by molar-refractivity contribution is -0.385. The first kappa shape index (κ1) is 15.4. The molecule has 0 aliphatic heterocycles. The Morgan fingerprint density at radius 1 is 1.33 bits per heavy atom. The van der Waals surface area contributed by atoms with Gasteiger partial charge in [0.2, 0.25) is 0 Å². The van der Waals surface area contributed by atoms with E-state index in [-0.39, 0.29) is 23.2 Å². The van der Waals surface area contributed by atoms with E-state index in [4.69, 9.17) is 10.5 Å². The highest BCUT2D eigenvalue weighted by molar-refractivity contribution is 9.10. The van der Waals surface area contributed by atoms with Crippen molar-refractivity contribution in [1.29, 1.82) is 0 Å². The van der Waals surface area contributed by atoms with Crippen LogP contribution in [0.5, 0.6) is 11.5 Å². The molecule has 0 aliphatic carbocycles. The van der Waals surface area contributed by atoms with Crippen molar-refractivity contribution in [2.24, 2.45) is 5.73 Å². The number of hydrogen-bond acceptors (Lipinski definition) is 4. The molecular formula is C14H12BrFN2O3. The summed E-state index contributed by atoms with van der Waals surface area (Å²) in [5.74, 6) is -0.428. The second-order valence-electron chi connectivity index (χ2n) is 4.48. The number of nitro groups is 1. The van der Waals surface area contributed by atoms with Crippen LogP contribution < -0.4 is 10.5 Å². The van der Waals surface area contributed by atoms with Gasteiger partial charge in [0, 0.05) is 16.6 Å². The largest absolute Gasteiger partial charge is 0.454 e. The van der Waals surface area contributed by atoms with Crippen LogP contribution in [-0.4, -0.2) is 4.92 Å². The minimum absolute atomic E-state index is 0.0215. The summed E-state index contributed by atoms with van der Waals surface area (Å²) >= 11 is 3.15. The number of hydrogen-bond donors (Lipinski definition) is 1. The Labute approximate surface area is 128 Å². The number of ether oxygens (including phenoxy) is 1. The third-order valence-corrected chi connectivity index (χ3v) is 3.23. The molecule has 7 heteroatoms. The number of non-ortho nitro benzene ring substituents is 1. The molecule has 0 aliphatic rings. The van der Waals surface area contributed by atoms with Crippen LogP contribution in [0.2, 0.25) is 0 Å². The summed E-state index contributed by atoms with van der Waals surface area (Å²) in [6.45, 7) is 1.74. The predicted molar refractivity (Wildman–Crippen MR) is 79.9 cm³/mol. The number of nitro benzene ring substituents is 1. The van der Waals surface area contributed by atoms with Gasteiger partial charge in [0.15, 0.2) is 11.6 Å². The van der Waals surface area contributed by atoms with Gasteiger partial charge in [-0.25, -0.2) is 4.39 Å². The fourth-order valence-corrected chi connectivity index (χ4v) is 2.18. The van der Waals surface area contributed by atoms with E-state index >= 15 is 0 Å². The molecular weight excluding hydrogens is 343 g/mol. The molecule has 2 rings (SSSR count). The number of nitrogens with two attached hydrogens (primary N) is 1. The lowest BCUT2D eigenvalue weighted by atomic mass is 10.1. The monoisotopic (exact) mass is 354 g/mol. The summed E-state index contributed by atoms with van der Waals surface area (Å²) in [7, 11) is 0. The highest BCUT2D eigenvalue weighted by Gasteiger charge is 2.13. The first-order valence-corrected chi connectivity index (χ1v) is 6.84. The SMILES string of the molecule is CC(N)c1ccc(Oc2cc(Br)cc([N+](=O)[O-])c2)c(F)c1. The lowest BCUT2D eigenvalue weighted by Crippen LogP contribution is -2.05. The van der Waals surface area contributed by atoms with Crippen LogP contribution in [0.15, 0.2) is 40.9 Å². The van der Waals surface area contributed by atoms with Crippen molar-refractivity contribution in [2.45, 2.75) is 13.0 Å². The summed E-state index contributed by atoms with van der Waals surface area (Å²) in [4.78, 5) is 10.2. The molecule has 0 spiro atoms. The van der Waals surface area contributed by atoms with Gasteiger partial charge in [0.25, 0.3) is 5.69 Å². The molecule has 1 atom stereocenters. The van der Waals surface area contributed by atoms with Crippen molar-refractivity contribution < 1.29 is 14.1 Å². The van der Waals surface area contributed by atoms with E-state index in [1.807, 2.05) is 0 Å². The second-order valence-corrected chi connectivity index (χ2v) is 5.40. The molecule has 2 aromatic carbocycles. The van der Waals surface area contributed by atoms with Crippen molar-refractivity contribution in [1.82, 2.24) is 0 Å². The molecule has 5 nitrogen and oxygen atoms in total. The molecule has 2 aromatic rings. The Balaban J connectivity index is 2.32. The van der Waals surface area contributed by atoms with Gasteiger partial charge in [-0.1, -0.05) is 22.0 Å². The molecule has 0 heterocycles. The highest BCUT2D eigenvalue weighted by atomic mass is 79.9. The smallest absolute Gasteiger partial charge is 0.274 e. The predicted octanol–water partition coefficient (Wildman–Crippen LogP) is 4.31. The Morgan fingerprint density at radius 3 is 2.62 bits per heavy atom. The third kappa shape index (κ3) is 3.77. The zero-order chi connectivity index (χ0) is 15.6. The van der Waals surface area contributed by atoms with Gasteiger partial charge in [0.1, 0.15) is 5.75 Å². The fourth-order valence-electron chi connectivity index (χ4n) is 1.72. The van der Waals surface area contributed by atoms with E-state index in [2.05, 4.69) is 15.9 Å². The first-order chi connectivity index (χ1) is 9.86. The first-order valence-electron chi connectivity index (χ1n) is 6.04. The Bertz CT molecular complexity index is 692. The molecule has 1 unspecified atom stereocenters. The summed E-state index contributed by atoms with van der Waals surface area (Å²) in [5, 5.41) is 10.8. The third-order valence-electron chi connectivity index (χ3n) is 2.78. The van der Waals surface area contributed by atoms with Crippen LogP contribution >= 0.6 is 15.9 Å². The fraction of sp³-hybridized carbons (Fsp3) is 0.143. The van der Waals surface area contributed by atoms with E-state index in [9.17, 15) is 14.5 Å².